The van der Waals surface area contributed by atoms with Gasteiger partial charge in [0.25, 0.3) is 5.91 Å². The summed E-state index contributed by atoms with van der Waals surface area (Å²) in [5.74, 6) is -7.79. The molecule has 1 aliphatic carbocycles. The summed E-state index contributed by atoms with van der Waals surface area (Å²) < 4.78 is 70.0. The zero-order valence-electron chi connectivity index (χ0n) is 15.9. The Morgan fingerprint density at radius 2 is 1.77 bits per heavy atom. The Bertz CT molecular complexity index is 753. The molecule has 1 aliphatic rings. The highest BCUT2D eigenvalue weighted by molar-refractivity contribution is 5.85. The third-order valence-corrected chi connectivity index (χ3v) is 4.66. The fourth-order valence-electron chi connectivity index (χ4n) is 2.78. The Morgan fingerprint density at radius 3 is 2.23 bits per heavy atom. The van der Waals surface area contributed by atoms with Gasteiger partial charge < -0.3 is 26.2 Å². The second-order valence-electron chi connectivity index (χ2n) is 6.99. The van der Waals surface area contributed by atoms with Crippen molar-refractivity contribution in [3.8, 4) is 5.75 Å². The van der Waals surface area contributed by atoms with Crippen molar-refractivity contribution in [1.82, 2.24) is 10.6 Å². The number of ether oxygens (including phenoxy) is 1. The van der Waals surface area contributed by atoms with E-state index < -0.39 is 54.6 Å². The lowest BCUT2D eigenvalue weighted by atomic mass is 9.98. The van der Waals surface area contributed by atoms with Crippen LogP contribution in [-0.4, -0.2) is 54.8 Å². The molecule has 1 saturated carbocycles. The number of aliphatic hydroxyl groups excluding tert-OH is 1. The van der Waals surface area contributed by atoms with Crippen molar-refractivity contribution < 1.29 is 41.4 Å². The third-order valence-electron chi connectivity index (χ3n) is 4.66. The molecular weight excluding hydrogens is 417 g/mol. The van der Waals surface area contributed by atoms with Gasteiger partial charge in [-0.15, -0.1) is 0 Å². The van der Waals surface area contributed by atoms with Gasteiger partial charge in [-0.1, -0.05) is 12.1 Å². The molecular formula is C18H22F5N3O4. The van der Waals surface area contributed by atoms with Crippen molar-refractivity contribution >= 4 is 11.8 Å². The Kier molecular flexibility index (Phi) is 7.24. The van der Waals surface area contributed by atoms with Crippen LogP contribution in [0.1, 0.15) is 24.4 Å². The van der Waals surface area contributed by atoms with Crippen molar-refractivity contribution in [2.75, 3.05) is 13.7 Å². The second kappa shape index (κ2) is 9.13. The third kappa shape index (κ3) is 6.02. The maximum atomic E-state index is 14.3. The molecule has 1 aromatic carbocycles. The van der Waals surface area contributed by atoms with Crippen LogP contribution in [0.3, 0.4) is 0 Å². The summed E-state index contributed by atoms with van der Waals surface area (Å²) in [6.07, 6.45) is -6.85. The summed E-state index contributed by atoms with van der Waals surface area (Å²) in [5.41, 5.74) is 6.18. The number of alkyl halides is 5. The van der Waals surface area contributed by atoms with E-state index >= 15 is 0 Å². The van der Waals surface area contributed by atoms with E-state index in [2.05, 4.69) is 5.32 Å². The van der Waals surface area contributed by atoms with Gasteiger partial charge in [0.05, 0.1) is 13.2 Å². The molecule has 1 aromatic rings. The van der Waals surface area contributed by atoms with E-state index in [9.17, 15) is 36.6 Å². The summed E-state index contributed by atoms with van der Waals surface area (Å²) in [7, 11) is 1.44. The zero-order chi connectivity index (χ0) is 22.7. The van der Waals surface area contributed by atoms with Gasteiger partial charge in [0.1, 0.15) is 24.4 Å². The number of rotatable bonds is 9. The topological polar surface area (TPSA) is 114 Å². The first-order valence-electron chi connectivity index (χ1n) is 8.97. The van der Waals surface area contributed by atoms with Gasteiger partial charge in [0.15, 0.2) is 0 Å². The van der Waals surface area contributed by atoms with Crippen molar-refractivity contribution in [3.05, 3.63) is 29.8 Å². The minimum Gasteiger partial charge on any atom is -0.497 e. The van der Waals surface area contributed by atoms with Gasteiger partial charge in [0.2, 0.25) is 5.91 Å². The number of nitrogens with one attached hydrogen (secondary N) is 2. The summed E-state index contributed by atoms with van der Waals surface area (Å²) in [6.45, 7) is -1.98. The molecule has 0 saturated heterocycles. The van der Waals surface area contributed by atoms with Crippen molar-refractivity contribution in [2.45, 2.75) is 43.1 Å². The van der Waals surface area contributed by atoms with Gasteiger partial charge in [-0.05, 0) is 36.5 Å². The molecule has 12 heteroatoms. The fraction of sp³-hybridized carbons (Fsp3) is 0.556. The molecule has 30 heavy (non-hydrogen) atoms. The van der Waals surface area contributed by atoms with Crippen LogP contribution in [0.5, 0.6) is 5.75 Å². The van der Waals surface area contributed by atoms with E-state index in [-0.39, 0.29) is 0 Å². The molecule has 0 heterocycles. The molecule has 0 radical (unpaired) electrons. The first kappa shape index (κ1) is 23.8. The highest BCUT2D eigenvalue weighted by Crippen LogP contribution is 2.38. The van der Waals surface area contributed by atoms with E-state index in [1.807, 2.05) is 0 Å². The monoisotopic (exact) mass is 439 g/mol. The van der Waals surface area contributed by atoms with Gasteiger partial charge >= 0.3 is 12.1 Å². The molecule has 168 valence electrons. The van der Waals surface area contributed by atoms with Crippen LogP contribution in [0.25, 0.3) is 0 Å². The number of hydrogen-bond donors (Lipinski definition) is 4. The standard InChI is InChI=1S/C18H22F5N3O4/c1-30-11-6-4-9(5-7-11)12(24)15(28)26-13(10-2-3-10)14(27)18(22,23)16(29)25-8-17(19,20)21/h4-7,10,12-14,27H,2-3,8,24H2,1H3,(H,25,29)(H,26,28)/t12?,13-,14?/m0/s1. The number of carbonyl (C=O) groups excluding carboxylic acids is 2. The average molecular weight is 439 g/mol. The number of halogens is 5. The van der Waals surface area contributed by atoms with Crippen molar-refractivity contribution in [3.63, 3.8) is 0 Å². The van der Waals surface area contributed by atoms with E-state index in [0.717, 1.165) is 5.32 Å². The van der Waals surface area contributed by atoms with E-state index in [1.165, 1.54) is 31.4 Å². The van der Waals surface area contributed by atoms with Gasteiger partial charge in [0, 0.05) is 0 Å². The summed E-state index contributed by atoms with van der Waals surface area (Å²) in [6, 6.07) is 3.23. The summed E-state index contributed by atoms with van der Waals surface area (Å²) >= 11 is 0. The molecule has 0 aliphatic heterocycles. The number of aliphatic hydroxyl groups is 1. The first-order chi connectivity index (χ1) is 13.9. The van der Waals surface area contributed by atoms with Crippen LogP contribution in [0.2, 0.25) is 0 Å². The van der Waals surface area contributed by atoms with Gasteiger partial charge in [-0.3, -0.25) is 9.59 Å². The lowest BCUT2D eigenvalue weighted by molar-refractivity contribution is -0.174. The number of methoxy groups -OCH3 is 1. The molecule has 7 nitrogen and oxygen atoms in total. The van der Waals surface area contributed by atoms with E-state index in [1.54, 1.807) is 0 Å². The minimum absolute atomic E-state index is 0.340. The second-order valence-corrected chi connectivity index (χ2v) is 6.99. The van der Waals surface area contributed by atoms with Crippen LogP contribution in [-0.2, 0) is 9.59 Å². The lowest BCUT2D eigenvalue weighted by Gasteiger charge is -2.30. The van der Waals surface area contributed by atoms with Crippen LogP contribution >= 0.6 is 0 Å². The van der Waals surface area contributed by atoms with E-state index in [4.69, 9.17) is 10.5 Å². The highest BCUT2D eigenvalue weighted by Gasteiger charge is 2.54. The highest BCUT2D eigenvalue weighted by atomic mass is 19.4. The summed E-state index contributed by atoms with van der Waals surface area (Å²) in [5, 5.41) is 13.3. The Hall–Kier alpha value is -2.47. The lowest BCUT2D eigenvalue weighted by Crippen LogP contribution is -2.59. The Morgan fingerprint density at radius 1 is 1.20 bits per heavy atom. The van der Waals surface area contributed by atoms with Crippen molar-refractivity contribution in [2.24, 2.45) is 11.7 Å². The fourth-order valence-corrected chi connectivity index (χ4v) is 2.78. The average Bonchev–Trinajstić information content (AvgIpc) is 3.53. The number of nitrogens with two attached hydrogens (primary N) is 1. The Labute approximate surface area is 168 Å². The van der Waals surface area contributed by atoms with Gasteiger partial charge in [-0.2, -0.15) is 22.0 Å². The SMILES string of the molecule is COc1ccc(C(N)C(=O)N[C@@H](C2CC2)C(O)C(F)(F)C(=O)NCC(F)(F)F)cc1. The number of hydrogen-bond acceptors (Lipinski definition) is 5. The van der Waals surface area contributed by atoms with Gasteiger partial charge in [-0.25, -0.2) is 0 Å². The molecule has 2 unspecified atom stereocenters. The number of amides is 2. The maximum absolute atomic E-state index is 14.3. The van der Waals surface area contributed by atoms with Crippen LogP contribution in [0.4, 0.5) is 22.0 Å². The molecule has 1 fully saturated rings. The molecule has 2 rings (SSSR count). The molecule has 0 bridgehead atoms. The normalized spacial score (nSPS) is 17.6. The van der Waals surface area contributed by atoms with Crippen molar-refractivity contribution in [1.29, 1.82) is 0 Å². The predicted molar refractivity (Wildman–Crippen MR) is 94.6 cm³/mol. The maximum Gasteiger partial charge on any atom is 0.405 e. The van der Waals surface area contributed by atoms with Crippen LogP contribution < -0.4 is 21.1 Å². The molecule has 3 atom stereocenters. The number of carbonyl (C=O) groups is 2. The molecule has 0 spiro atoms. The largest absolute Gasteiger partial charge is 0.497 e. The number of benzene rings is 1. The molecule has 2 amide bonds. The smallest absolute Gasteiger partial charge is 0.405 e. The molecule has 0 aromatic heterocycles. The Balaban J connectivity index is 2.08. The molecule has 5 N–H and O–H groups in total. The predicted octanol–water partition coefficient (Wildman–Crippen LogP) is 1.26. The zero-order valence-corrected chi connectivity index (χ0v) is 15.9. The van der Waals surface area contributed by atoms with Crippen LogP contribution in [0.15, 0.2) is 24.3 Å². The first-order valence-corrected chi connectivity index (χ1v) is 8.97. The quantitative estimate of drug-likeness (QED) is 0.433. The van der Waals surface area contributed by atoms with Crippen LogP contribution in [0, 0.1) is 5.92 Å². The summed E-state index contributed by atoms with van der Waals surface area (Å²) in [4.78, 5) is 24.0. The minimum atomic E-state index is -4.90. The van der Waals surface area contributed by atoms with E-state index in [0.29, 0.717) is 24.2 Å².